The summed E-state index contributed by atoms with van der Waals surface area (Å²) in [4.78, 5) is 18.7. The summed E-state index contributed by atoms with van der Waals surface area (Å²) < 4.78 is 39.3. The summed E-state index contributed by atoms with van der Waals surface area (Å²) in [5, 5.41) is -0.0775. The minimum absolute atomic E-state index is 0.0730. The molecule has 1 heterocycles. The summed E-state index contributed by atoms with van der Waals surface area (Å²) >= 11 is 5.88. The Bertz CT molecular complexity index is 786. The average Bonchev–Trinajstić information content (AvgIpc) is 2.56. The molecule has 1 aliphatic rings. The second-order valence-corrected chi connectivity index (χ2v) is 6.30. The van der Waals surface area contributed by atoms with Gasteiger partial charge in [0.2, 0.25) is 5.56 Å². The molecule has 0 spiro atoms. The van der Waals surface area contributed by atoms with Crippen molar-refractivity contribution in [3.63, 3.8) is 0 Å². The lowest BCUT2D eigenvalue weighted by Crippen LogP contribution is -2.29. The molecular weight excluding hydrogens is 355 g/mol. The van der Waals surface area contributed by atoms with Crippen molar-refractivity contribution in [3.05, 3.63) is 56.7 Å². The van der Waals surface area contributed by atoms with Crippen LogP contribution in [0.25, 0.3) is 5.57 Å². The van der Waals surface area contributed by atoms with E-state index in [4.69, 9.17) is 17.3 Å². The Morgan fingerprint density at radius 3 is 2.64 bits per heavy atom. The van der Waals surface area contributed by atoms with Crippen LogP contribution in [0.5, 0.6) is 0 Å². The fraction of sp³-hybridized carbons (Fsp3) is 0.412. The van der Waals surface area contributed by atoms with Crippen LogP contribution in [-0.2, 0) is 0 Å². The molecule has 1 aliphatic carbocycles. The Morgan fingerprint density at radius 2 is 2.04 bits per heavy atom. The highest BCUT2D eigenvalue weighted by atomic mass is 35.5. The first-order chi connectivity index (χ1) is 11.7. The van der Waals surface area contributed by atoms with Crippen LogP contribution in [0.15, 0.2) is 29.2 Å². The molecule has 2 rings (SSSR count). The number of rotatable bonds is 2. The van der Waals surface area contributed by atoms with Crippen LogP contribution in [0.1, 0.15) is 48.7 Å². The van der Waals surface area contributed by atoms with E-state index < -0.39 is 17.8 Å². The molecule has 3 N–H and O–H groups in total. The Labute approximate surface area is 148 Å². The Hall–Kier alpha value is -1.86. The highest BCUT2D eigenvalue weighted by molar-refractivity contribution is 6.30. The van der Waals surface area contributed by atoms with Gasteiger partial charge in [0.15, 0.2) is 0 Å². The Kier molecular flexibility index (Phi) is 6.24. The number of nitrogens with two attached hydrogens (primary N) is 1. The smallest absolute Gasteiger partial charge is 0.328 e. The normalized spacial score (nSPS) is 16.0. The van der Waals surface area contributed by atoms with Crippen LogP contribution in [0.4, 0.5) is 13.2 Å². The molecule has 25 heavy (non-hydrogen) atoms. The van der Waals surface area contributed by atoms with Crippen molar-refractivity contribution in [2.24, 2.45) is 5.73 Å². The molecule has 0 saturated carbocycles. The number of aromatic amines is 1. The SMILES string of the molecule is Cc1nc(C2=CCCCC2)cc(=O)[nH]cc(Cl)cc1C(N)C(F)(F)F. The fourth-order valence-corrected chi connectivity index (χ4v) is 2.78. The third-order valence-electron chi connectivity index (χ3n) is 3.93. The number of allylic oxidation sites excluding steroid dienone is 2. The average molecular weight is 374 g/mol. The minimum Gasteiger partial charge on any atom is -0.328 e. The van der Waals surface area contributed by atoms with Gasteiger partial charge in [-0.15, -0.1) is 0 Å². The maximum absolute atomic E-state index is 13.1. The van der Waals surface area contributed by atoms with Crippen molar-refractivity contribution in [3.8, 4) is 0 Å². The van der Waals surface area contributed by atoms with E-state index >= 15 is 0 Å². The maximum Gasteiger partial charge on any atom is 0.407 e. The lowest BCUT2D eigenvalue weighted by atomic mass is 9.97. The van der Waals surface area contributed by atoms with Gasteiger partial charge in [-0.25, -0.2) is 0 Å². The summed E-state index contributed by atoms with van der Waals surface area (Å²) in [7, 11) is 0. The molecule has 0 bridgehead atoms. The summed E-state index contributed by atoms with van der Waals surface area (Å²) in [5.74, 6) is 0. The number of aryl methyl sites for hydroxylation is 1. The summed E-state index contributed by atoms with van der Waals surface area (Å²) in [6.07, 6.45) is 2.00. The molecule has 136 valence electrons. The molecule has 0 radical (unpaired) electrons. The third kappa shape index (κ3) is 5.31. The van der Waals surface area contributed by atoms with Crippen molar-refractivity contribution < 1.29 is 13.2 Å². The van der Waals surface area contributed by atoms with Crippen LogP contribution < -0.4 is 11.3 Å². The van der Waals surface area contributed by atoms with Crippen molar-refractivity contribution >= 4 is 17.2 Å². The summed E-state index contributed by atoms with van der Waals surface area (Å²) in [6, 6.07) is 0.121. The van der Waals surface area contributed by atoms with Gasteiger partial charge >= 0.3 is 6.18 Å². The first-order valence-electron chi connectivity index (χ1n) is 7.85. The molecule has 8 heteroatoms. The highest BCUT2D eigenvalue weighted by Crippen LogP contribution is 2.32. The summed E-state index contributed by atoms with van der Waals surface area (Å²) in [5.41, 5.74) is 5.93. The number of alkyl halides is 3. The van der Waals surface area contributed by atoms with E-state index in [9.17, 15) is 18.0 Å². The van der Waals surface area contributed by atoms with E-state index in [0.717, 1.165) is 43.5 Å². The van der Waals surface area contributed by atoms with E-state index in [1.165, 1.54) is 13.0 Å². The lowest BCUT2D eigenvalue weighted by Gasteiger charge is -2.17. The number of nitrogens with zero attached hydrogens (tertiary/aromatic N) is 1. The standard InChI is InChI=1S/C17H19ClF3N3O/c1-10-13(16(22)17(19,20)21)7-12(18)9-23-15(25)8-14(24-10)11-5-3-2-4-6-11/h5,7-9,16H,2-4,6,22H2,1H3,(H,23,25). The van der Waals surface area contributed by atoms with Gasteiger partial charge in [-0.2, -0.15) is 13.2 Å². The Morgan fingerprint density at radius 1 is 1.32 bits per heavy atom. The van der Waals surface area contributed by atoms with Gasteiger partial charge in [0.05, 0.1) is 10.7 Å². The number of halogens is 4. The third-order valence-corrected chi connectivity index (χ3v) is 4.15. The Balaban J connectivity index is 2.75. The van der Waals surface area contributed by atoms with E-state index in [-0.39, 0.29) is 16.3 Å². The molecule has 0 amide bonds. The number of hydrogen-bond donors (Lipinski definition) is 2. The topological polar surface area (TPSA) is 71.8 Å². The van der Waals surface area contributed by atoms with Gasteiger partial charge in [-0.1, -0.05) is 17.7 Å². The molecule has 0 aromatic carbocycles. The quantitative estimate of drug-likeness (QED) is 0.808. The van der Waals surface area contributed by atoms with Crippen LogP contribution in [0, 0.1) is 6.92 Å². The molecule has 0 aliphatic heterocycles. The van der Waals surface area contributed by atoms with E-state index in [1.54, 1.807) is 0 Å². The lowest BCUT2D eigenvalue weighted by molar-refractivity contribution is -0.149. The number of nitrogens with one attached hydrogen (secondary N) is 1. The van der Waals surface area contributed by atoms with Gasteiger partial charge < -0.3 is 10.7 Å². The largest absolute Gasteiger partial charge is 0.407 e. The van der Waals surface area contributed by atoms with Gasteiger partial charge in [-0.3, -0.25) is 9.78 Å². The first kappa shape index (κ1) is 19.5. The predicted molar refractivity (Wildman–Crippen MR) is 91.7 cm³/mol. The fourth-order valence-electron chi connectivity index (χ4n) is 2.60. The van der Waals surface area contributed by atoms with Gasteiger partial charge in [0.1, 0.15) is 6.04 Å². The van der Waals surface area contributed by atoms with Crippen molar-refractivity contribution in [1.82, 2.24) is 9.97 Å². The second-order valence-electron chi connectivity index (χ2n) is 5.86. The molecular formula is C17H19ClF3N3O. The molecule has 1 aromatic rings. The van der Waals surface area contributed by atoms with E-state index in [1.807, 2.05) is 6.08 Å². The zero-order valence-corrected chi connectivity index (χ0v) is 14.4. The zero-order chi connectivity index (χ0) is 18.6. The maximum atomic E-state index is 13.1. The molecule has 1 unspecified atom stereocenters. The van der Waals surface area contributed by atoms with Crippen LogP contribution in [0.2, 0.25) is 5.02 Å². The van der Waals surface area contributed by atoms with Gasteiger partial charge in [0.25, 0.3) is 0 Å². The monoisotopic (exact) mass is 373 g/mol. The number of hydrogen-bond acceptors (Lipinski definition) is 3. The van der Waals surface area contributed by atoms with E-state index in [0.29, 0.717) is 5.69 Å². The number of H-pyrrole nitrogens is 1. The van der Waals surface area contributed by atoms with Crippen LogP contribution >= 0.6 is 11.6 Å². The molecule has 4 nitrogen and oxygen atoms in total. The van der Waals surface area contributed by atoms with Crippen molar-refractivity contribution in [1.29, 1.82) is 0 Å². The number of aromatic nitrogens is 2. The van der Waals surface area contributed by atoms with Gasteiger partial charge in [0, 0.05) is 23.5 Å². The minimum atomic E-state index is -4.64. The first-order valence-corrected chi connectivity index (χ1v) is 8.23. The molecule has 1 atom stereocenters. The zero-order valence-electron chi connectivity index (χ0n) is 13.7. The van der Waals surface area contributed by atoms with E-state index in [2.05, 4.69) is 9.97 Å². The summed E-state index contributed by atoms with van der Waals surface area (Å²) in [6.45, 7) is 1.43. The molecule has 1 aromatic heterocycles. The van der Waals surface area contributed by atoms with Crippen LogP contribution in [0.3, 0.4) is 0 Å². The van der Waals surface area contributed by atoms with Crippen molar-refractivity contribution in [2.75, 3.05) is 0 Å². The van der Waals surface area contributed by atoms with Gasteiger partial charge in [-0.05, 0) is 44.2 Å². The van der Waals surface area contributed by atoms with Crippen molar-refractivity contribution in [2.45, 2.75) is 44.8 Å². The van der Waals surface area contributed by atoms with Crippen LogP contribution in [-0.4, -0.2) is 16.1 Å². The molecule has 0 fully saturated rings. The second kappa shape index (κ2) is 8.01. The molecule has 0 saturated heterocycles. The predicted octanol–water partition coefficient (Wildman–Crippen LogP) is 4.38. The highest BCUT2D eigenvalue weighted by Gasteiger charge is 2.38.